The van der Waals surface area contributed by atoms with Gasteiger partial charge in [-0.2, -0.15) is 0 Å². The number of ether oxygens (including phenoxy) is 2. The van der Waals surface area contributed by atoms with Gasteiger partial charge in [0.05, 0.1) is 11.6 Å². The lowest BCUT2D eigenvalue weighted by Gasteiger charge is -2.20. The second-order valence-corrected chi connectivity index (χ2v) is 3.68. The molecule has 4 nitrogen and oxygen atoms in total. The summed E-state index contributed by atoms with van der Waals surface area (Å²) in [4.78, 5) is 12.1. The summed E-state index contributed by atoms with van der Waals surface area (Å²) in [6.07, 6.45) is 0.757. The molecule has 0 spiro atoms. The molecule has 1 unspecified atom stereocenters. The van der Waals surface area contributed by atoms with Crippen molar-refractivity contribution in [2.75, 3.05) is 13.8 Å². The number of rotatable bonds is 4. The fraction of sp³-hybridized carbons (Fsp3) is 0.417. The maximum Gasteiger partial charge on any atom is 0.230 e. The van der Waals surface area contributed by atoms with Gasteiger partial charge in [-0.15, -0.1) is 0 Å². The molecule has 1 aromatic carbocycles. The molecule has 1 N–H and O–H groups in total. The summed E-state index contributed by atoms with van der Waals surface area (Å²) in [5, 5.41) is 3.00. The van der Waals surface area contributed by atoms with Crippen LogP contribution in [0.4, 0.5) is 0 Å². The first-order valence-corrected chi connectivity index (χ1v) is 5.37. The molecule has 4 heteroatoms. The zero-order valence-electron chi connectivity index (χ0n) is 9.45. The minimum Gasteiger partial charge on any atom is -0.457 e. The van der Waals surface area contributed by atoms with Crippen LogP contribution in [0.25, 0.3) is 0 Å². The summed E-state index contributed by atoms with van der Waals surface area (Å²) in [5.41, 5.74) is 0.619. The van der Waals surface area contributed by atoms with Gasteiger partial charge in [0.1, 0.15) is 11.5 Å². The summed E-state index contributed by atoms with van der Waals surface area (Å²) in [6.45, 7) is 2.15. The molecule has 0 saturated heterocycles. The van der Waals surface area contributed by atoms with Crippen LogP contribution in [0.3, 0.4) is 0 Å². The van der Waals surface area contributed by atoms with Crippen molar-refractivity contribution < 1.29 is 14.3 Å². The average molecular weight is 221 g/mol. The Bertz CT molecular complexity index is 399. The van der Waals surface area contributed by atoms with Gasteiger partial charge in [0.25, 0.3) is 0 Å². The molecular weight excluding hydrogens is 206 g/mol. The first-order valence-electron chi connectivity index (χ1n) is 5.37. The van der Waals surface area contributed by atoms with Crippen LogP contribution in [-0.2, 0) is 0 Å². The molecule has 1 atom stereocenters. The Labute approximate surface area is 94.6 Å². The Morgan fingerprint density at radius 1 is 1.50 bits per heavy atom. The third kappa shape index (κ3) is 1.88. The highest BCUT2D eigenvalue weighted by Crippen LogP contribution is 2.29. The molecule has 16 heavy (non-hydrogen) atoms. The topological polar surface area (TPSA) is 47.6 Å². The number of carbonyl (C=O) groups excluding carboxylic acids is 1. The average Bonchev–Trinajstić information content (AvgIpc) is 2.31. The van der Waals surface area contributed by atoms with E-state index in [-0.39, 0.29) is 18.6 Å². The normalized spacial score (nSPS) is 14.9. The predicted molar refractivity (Wildman–Crippen MR) is 60.0 cm³/mol. The fourth-order valence-electron chi connectivity index (χ4n) is 1.78. The van der Waals surface area contributed by atoms with E-state index in [4.69, 9.17) is 9.47 Å². The molecular formula is C12H15NO3. The maximum atomic E-state index is 12.1. The van der Waals surface area contributed by atoms with E-state index in [0.717, 1.165) is 12.2 Å². The molecule has 0 saturated carbocycles. The molecule has 1 aromatic rings. The second kappa shape index (κ2) is 4.53. The number of likely N-dealkylation sites (N-methyl/N-ethyl adjacent to an activating group) is 1. The van der Waals surface area contributed by atoms with E-state index >= 15 is 0 Å². The van der Waals surface area contributed by atoms with E-state index in [1.54, 1.807) is 25.2 Å². The van der Waals surface area contributed by atoms with Crippen molar-refractivity contribution in [3.05, 3.63) is 23.8 Å². The minimum atomic E-state index is -0.159. The van der Waals surface area contributed by atoms with Crippen molar-refractivity contribution in [3.8, 4) is 11.5 Å². The minimum absolute atomic E-state index is 0.0634. The zero-order chi connectivity index (χ0) is 11.5. The molecule has 1 aliphatic rings. The van der Waals surface area contributed by atoms with Crippen molar-refractivity contribution in [2.45, 2.75) is 19.4 Å². The first-order chi connectivity index (χ1) is 7.76. The number of benzene rings is 1. The van der Waals surface area contributed by atoms with E-state index in [9.17, 15) is 4.79 Å². The smallest absolute Gasteiger partial charge is 0.230 e. The Morgan fingerprint density at radius 2 is 2.31 bits per heavy atom. The number of hydrogen-bond acceptors (Lipinski definition) is 4. The summed E-state index contributed by atoms with van der Waals surface area (Å²) in [7, 11) is 1.79. The fourth-order valence-corrected chi connectivity index (χ4v) is 1.78. The number of hydrogen-bond donors (Lipinski definition) is 1. The predicted octanol–water partition coefficient (Wildman–Crippen LogP) is 1.60. The van der Waals surface area contributed by atoms with Gasteiger partial charge in [0.15, 0.2) is 5.78 Å². The van der Waals surface area contributed by atoms with E-state index < -0.39 is 0 Å². The molecule has 1 heterocycles. The molecule has 1 aliphatic heterocycles. The monoisotopic (exact) mass is 221 g/mol. The lowest BCUT2D eigenvalue weighted by molar-refractivity contribution is 0.0898. The van der Waals surface area contributed by atoms with Crippen LogP contribution in [0.1, 0.15) is 23.7 Å². The largest absolute Gasteiger partial charge is 0.457 e. The van der Waals surface area contributed by atoms with Crippen LogP contribution < -0.4 is 14.8 Å². The van der Waals surface area contributed by atoms with Gasteiger partial charge in [-0.05, 0) is 25.6 Å². The Balaban J connectivity index is 2.30. The first kappa shape index (κ1) is 11.0. The highest BCUT2D eigenvalue weighted by molar-refractivity contribution is 6.02. The van der Waals surface area contributed by atoms with Crippen molar-refractivity contribution >= 4 is 5.78 Å². The van der Waals surface area contributed by atoms with Gasteiger partial charge in [-0.3, -0.25) is 4.79 Å². The van der Waals surface area contributed by atoms with Crippen LogP contribution in [0.2, 0.25) is 0 Å². The Hall–Kier alpha value is -1.55. The molecule has 86 valence electrons. The molecule has 0 aromatic heterocycles. The summed E-state index contributed by atoms with van der Waals surface area (Å²) in [6, 6.07) is 5.14. The lowest BCUT2D eigenvalue weighted by atomic mass is 10.0. The summed E-state index contributed by atoms with van der Waals surface area (Å²) >= 11 is 0. The third-order valence-electron chi connectivity index (χ3n) is 2.73. The highest BCUT2D eigenvalue weighted by atomic mass is 16.7. The maximum absolute atomic E-state index is 12.1. The summed E-state index contributed by atoms with van der Waals surface area (Å²) in [5.74, 6) is 1.42. The Morgan fingerprint density at radius 3 is 3.00 bits per heavy atom. The van der Waals surface area contributed by atoms with E-state index in [1.165, 1.54) is 0 Å². The number of carbonyl (C=O) groups is 1. The molecule has 0 fully saturated rings. The second-order valence-electron chi connectivity index (χ2n) is 3.68. The van der Waals surface area contributed by atoms with Gasteiger partial charge in [-0.1, -0.05) is 6.92 Å². The Kier molecular flexibility index (Phi) is 3.10. The lowest BCUT2D eigenvalue weighted by Crippen LogP contribution is -2.33. The number of nitrogens with one attached hydrogen (secondary N) is 1. The highest BCUT2D eigenvalue weighted by Gasteiger charge is 2.22. The van der Waals surface area contributed by atoms with Crippen LogP contribution in [0.5, 0.6) is 11.5 Å². The molecule has 0 amide bonds. The summed E-state index contributed by atoms with van der Waals surface area (Å²) < 4.78 is 10.5. The quantitative estimate of drug-likeness (QED) is 0.784. The van der Waals surface area contributed by atoms with E-state index in [2.05, 4.69) is 5.32 Å². The molecule has 0 aliphatic carbocycles. The van der Waals surface area contributed by atoms with Gasteiger partial charge in [0.2, 0.25) is 6.79 Å². The number of ketones is 1. The van der Waals surface area contributed by atoms with E-state index in [1.807, 2.05) is 6.92 Å². The van der Waals surface area contributed by atoms with Crippen molar-refractivity contribution in [1.29, 1.82) is 0 Å². The molecule has 2 rings (SSSR count). The van der Waals surface area contributed by atoms with Crippen LogP contribution in [0.15, 0.2) is 18.2 Å². The van der Waals surface area contributed by atoms with Crippen molar-refractivity contribution in [3.63, 3.8) is 0 Å². The third-order valence-corrected chi connectivity index (χ3v) is 2.73. The van der Waals surface area contributed by atoms with E-state index in [0.29, 0.717) is 11.3 Å². The van der Waals surface area contributed by atoms with Gasteiger partial charge < -0.3 is 14.8 Å². The van der Waals surface area contributed by atoms with Crippen molar-refractivity contribution in [2.24, 2.45) is 0 Å². The molecule has 2 bridgehead atoms. The SMILES string of the molecule is CCC(NC)C(=O)c1ccc2cc1OCO2. The van der Waals surface area contributed by atoms with Gasteiger partial charge >= 0.3 is 0 Å². The van der Waals surface area contributed by atoms with Gasteiger partial charge in [-0.25, -0.2) is 0 Å². The number of fused-ring (bicyclic) bond motifs is 2. The molecule has 0 radical (unpaired) electrons. The van der Waals surface area contributed by atoms with Crippen LogP contribution >= 0.6 is 0 Å². The van der Waals surface area contributed by atoms with Gasteiger partial charge in [0, 0.05) is 6.07 Å². The zero-order valence-corrected chi connectivity index (χ0v) is 9.45. The number of Topliss-reactive ketones (excluding diaryl/α,β-unsaturated/α-hetero) is 1. The van der Waals surface area contributed by atoms with Crippen LogP contribution in [-0.4, -0.2) is 25.7 Å². The standard InChI is InChI=1S/C12H15NO3/c1-3-10(13-2)12(14)9-5-4-8-6-11(9)16-7-15-8/h4-6,10,13H,3,7H2,1-2H3. The van der Waals surface area contributed by atoms with Crippen molar-refractivity contribution in [1.82, 2.24) is 5.32 Å². The van der Waals surface area contributed by atoms with Crippen LogP contribution in [0, 0.1) is 0 Å².